The minimum atomic E-state index is 0.175. The molecule has 1 aliphatic rings. The Hall–Kier alpha value is -0.570. The summed E-state index contributed by atoms with van der Waals surface area (Å²) in [6.45, 7) is 2.01. The van der Waals surface area contributed by atoms with Crippen LogP contribution in [0.25, 0.3) is 0 Å². The first kappa shape index (κ1) is 8.53. The molecule has 0 radical (unpaired) electrons. The Morgan fingerprint density at radius 1 is 1.64 bits per heavy atom. The highest BCUT2D eigenvalue weighted by Crippen LogP contribution is 2.18. The number of carbonyl (C=O) groups is 1. The summed E-state index contributed by atoms with van der Waals surface area (Å²) in [5.74, 6) is 0.175. The van der Waals surface area contributed by atoms with Crippen molar-refractivity contribution in [2.24, 2.45) is 0 Å². The Labute approximate surface area is 67.5 Å². The molecule has 1 rings (SSSR count). The van der Waals surface area contributed by atoms with Crippen molar-refractivity contribution in [1.82, 2.24) is 10.6 Å². The fraction of sp³-hybridized carbons (Fsp3) is 0.875. The lowest BCUT2D eigenvalue weighted by Crippen LogP contribution is -2.32. The molecule has 0 saturated heterocycles. The van der Waals surface area contributed by atoms with Gasteiger partial charge in [-0.05, 0) is 26.8 Å². The van der Waals surface area contributed by atoms with E-state index in [2.05, 4.69) is 10.6 Å². The van der Waals surface area contributed by atoms with Gasteiger partial charge in [0.2, 0.25) is 5.91 Å². The molecule has 1 aliphatic carbocycles. The van der Waals surface area contributed by atoms with Gasteiger partial charge in [-0.2, -0.15) is 0 Å². The van der Waals surface area contributed by atoms with E-state index >= 15 is 0 Å². The third-order valence-corrected chi connectivity index (χ3v) is 1.93. The highest BCUT2D eigenvalue weighted by Gasteiger charge is 2.23. The quantitative estimate of drug-likeness (QED) is 0.613. The maximum absolute atomic E-state index is 11.1. The highest BCUT2D eigenvalue weighted by molar-refractivity contribution is 5.77. The van der Waals surface area contributed by atoms with Crippen LogP contribution in [0.2, 0.25) is 0 Å². The fourth-order valence-corrected chi connectivity index (χ4v) is 0.894. The lowest BCUT2D eigenvalue weighted by molar-refractivity contribution is -0.121. The van der Waals surface area contributed by atoms with Crippen LogP contribution in [0.1, 0.15) is 26.2 Å². The predicted octanol–water partition coefficient (Wildman–Crippen LogP) is 0.263. The van der Waals surface area contributed by atoms with Crippen molar-refractivity contribution < 1.29 is 4.79 Å². The summed E-state index contributed by atoms with van der Waals surface area (Å²) in [5.41, 5.74) is 0. The minimum absolute atomic E-state index is 0.175. The average molecular weight is 156 g/mol. The number of amides is 1. The normalized spacial score (nSPS) is 19.5. The molecule has 0 heterocycles. The number of hydrogen-bond donors (Lipinski definition) is 2. The average Bonchev–Trinajstić information content (AvgIpc) is 2.71. The Bertz CT molecular complexity index is 143. The van der Waals surface area contributed by atoms with Crippen LogP contribution in [0, 0.1) is 0 Å². The second-order valence-electron chi connectivity index (χ2n) is 3.24. The van der Waals surface area contributed by atoms with Crippen LogP contribution in [0.3, 0.4) is 0 Å². The molecule has 0 aromatic rings. The van der Waals surface area contributed by atoms with E-state index in [-0.39, 0.29) is 11.9 Å². The fourth-order valence-electron chi connectivity index (χ4n) is 0.894. The molecule has 11 heavy (non-hydrogen) atoms. The molecule has 0 bridgehead atoms. The SMILES string of the molecule is CNC(C)CC(=O)NC1CC1. The second-order valence-corrected chi connectivity index (χ2v) is 3.24. The topological polar surface area (TPSA) is 41.1 Å². The van der Waals surface area contributed by atoms with E-state index in [0.29, 0.717) is 12.5 Å². The van der Waals surface area contributed by atoms with Crippen molar-refractivity contribution in [2.45, 2.75) is 38.3 Å². The first-order valence-electron chi connectivity index (χ1n) is 4.19. The number of rotatable bonds is 4. The number of carbonyl (C=O) groups excluding carboxylic acids is 1. The molecular weight excluding hydrogens is 140 g/mol. The van der Waals surface area contributed by atoms with Gasteiger partial charge in [0.15, 0.2) is 0 Å². The van der Waals surface area contributed by atoms with E-state index in [0.717, 1.165) is 0 Å². The molecule has 1 atom stereocenters. The van der Waals surface area contributed by atoms with Crippen molar-refractivity contribution >= 4 is 5.91 Å². The molecule has 0 aliphatic heterocycles. The van der Waals surface area contributed by atoms with Crippen molar-refractivity contribution in [2.75, 3.05) is 7.05 Å². The van der Waals surface area contributed by atoms with Crippen molar-refractivity contribution in [3.05, 3.63) is 0 Å². The van der Waals surface area contributed by atoms with Crippen molar-refractivity contribution in [3.63, 3.8) is 0 Å². The van der Waals surface area contributed by atoms with E-state index in [1.54, 1.807) is 0 Å². The highest BCUT2D eigenvalue weighted by atomic mass is 16.1. The van der Waals surface area contributed by atoms with Gasteiger partial charge in [-0.3, -0.25) is 4.79 Å². The summed E-state index contributed by atoms with van der Waals surface area (Å²) in [6.07, 6.45) is 2.92. The maximum Gasteiger partial charge on any atom is 0.221 e. The molecule has 2 N–H and O–H groups in total. The molecule has 1 fully saturated rings. The summed E-state index contributed by atoms with van der Waals surface area (Å²) in [5, 5.41) is 5.97. The Morgan fingerprint density at radius 2 is 2.27 bits per heavy atom. The largest absolute Gasteiger partial charge is 0.353 e. The Kier molecular flexibility index (Phi) is 2.88. The lowest BCUT2D eigenvalue weighted by atomic mass is 10.2. The van der Waals surface area contributed by atoms with Gasteiger partial charge in [0.1, 0.15) is 0 Å². The van der Waals surface area contributed by atoms with Crippen LogP contribution >= 0.6 is 0 Å². The van der Waals surface area contributed by atoms with Gasteiger partial charge >= 0.3 is 0 Å². The third kappa shape index (κ3) is 3.37. The summed E-state index contributed by atoms with van der Waals surface area (Å²) >= 11 is 0. The van der Waals surface area contributed by atoms with Gasteiger partial charge in [0.05, 0.1) is 0 Å². The van der Waals surface area contributed by atoms with Gasteiger partial charge < -0.3 is 10.6 Å². The van der Waals surface area contributed by atoms with E-state index < -0.39 is 0 Å². The molecule has 0 spiro atoms. The second kappa shape index (κ2) is 3.72. The molecule has 3 nitrogen and oxygen atoms in total. The standard InChI is InChI=1S/C8H16N2O/c1-6(9-2)5-8(11)10-7-3-4-7/h6-7,9H,3-5H2,1-2H3,(H,10,11). The monoisotopic (exact) mass is 156 g/mol. The van der Waals surface area contributed by atoms with E-state index in [1.165, 1.54) is 12.8 Å². The first-order valence-corrected chi connectivity index (χ1v) is 4.19. The zero-order valence-corrected chi connectivity index (χ0v) is 7.18. The lowest BCUT2D eigenvalue weighted by Gasteiger charge is -2.09. The summed E-state index contributed by atoms with van der Waals surface area (Å²) in [4.78, 5) is 11.1. The van der Waals surface area contributed by atoms with Gasteiger partial charge in [0.25, 0.3) is 0 Å². The summed E-state index contributed by atoms with van der Waals surface area (Å²) in [7, 11) is 1.87. The molecule has 0 aromatic heterocycles. The number of nitrogens with one attached hydrogen (secondary N) is 2. The molecule has 3 heteroatoms. The predicted molar refractivity (Wildman–Crippen MR) is 44.3 cm³/mol. The van der Waals surface area contributed by atoms with Gasteiger partial charge in [-0.15, -0.1) is 0 Å². The third-order valence-electron chi connectivity index (χ3n) is 1.93. The van der Waals surface area contributed by atoms with Crippen LogP contribution in [0.15, 0.2) is 0 Å². The van der Waals surface area contributed by atoms with E-state index in [1.807, 2.05) is 14.0 Å². The maximum atomic E-state index is 11.1. The Morgan fingerprint density at radius 3 is 2.73 bits per heavy atom. The van der Waals surface area contributed by atoms with Crippen LogP contribution in [-0.4, -0.2) is 25.0 Å². The molecule has 1 saturated carbocycles. The van der Waals surface area contributed by atoms with Gasteiger partial charge in [0, 0.05) is 18.5 Å². The van der Waals surface area contributed by atoms with Gasteiger partial charge in [-0.1, -0.05) is 0 Å². The van der Waals surface area contributed by atoms with Crippen LogP contribution in [-0.2, 0) is 4.79 Å². The summed E-state index contributed by atoms with van der Waals surface area (Å²) in [6, 6.07) is 0.778. The molecule has 1 amide bonds. The molecule has 64 valence electrons. The van der Waals surface area contributed by atoms with E-state index in [4.69, 9.17) is 0 Å². The minimum Gasteiger partial charge on any atom is -0.353 e. The smallest absolute Gasteiger partial charge is 0.221 e. The van der Waals surface area contributed by atoms with Gasteiger partial charge in [-0.25, -0.2) is 0 Å². The van der Waals surface area contributed by atoms with Crippen LogP contribution in [0.5, 0.6) is 0 Å². The molecule has 0 aromatic carbocycles. The summed E-state index contributed by atoms with van der Waals surface area (Å²) < 4.78 is 0. The van der Waals surface area contributed by atoms with Crippen LogP contribution in [0.4, 0.5) is 0 Å². The number of hydrogen-bond acceptors (Lipinski definition) is 2. The zero-order valence-electron chi connectivity index (χ0n) is 7.18. The Balaban J connectivity index is 2.08. The first-order chi connectivity index (χ1) is 5.22. The van der Waals surface area contributed by atoms with E-state index in [9.17, 15) is 4.79 Å². The van der Waals surface area contributed by atoms with Crippen LogP contribution < -0.4 is 10.6 Å². The molecule has 1 unspecified atom stereocenters. The molecular formula is C8H16N2O. The van der Waals surface area contributed by atoms with Crippen molar-refractivity contribution in [3.8, 4) is 0 Å². The zero-order chi connectivity index (χ0) is 8.27. The van der Waals surface area contributed by atoms with Crippen molar-refractivity contribution in [1.29, 1.82) is 0 Å².